The Hall–Kier alpha value is -2.87. The number of para-hydroxylation sites is 1. The Morgan fingerprint density at radius 2 is 1.96 bits per heavy atom. The van der Waals surface area contributed by atoms with E-state index in [9.17, 15) is 10.1 Å². The van der Waals surface area contributed by atoms with Crippen LogP contribution in [0, 0.1) is 10.1 Å². The van der Waals surface area contributed by atoms with Gasteiger partial charge in [0.2, 0.25) is 5.16 Å². The van der Waals surface area contributed by atoms with E-state index in [2.05, 4.69) is 15.2 Å². The molecule has 0 aliphatic rings. The topological polar surface area (TPSA) is 93.9 Å². The molecule has 0 unspecified atom stereocenters. The zero-order valence-electron chi connectivity index (χ0n) is 12.8. The van der Waals surface area contributed by atoms with Crippen LogP contribution in [0.25, 0.3) is 11.4 Å². The number of hydrogen-bond acceptors (Lipinski definition) is 6. The van der Waals surface area contributed by atoms with Crippen LogP contribution in [0.1, 0.15) is 5.56 Å². The first-order valence-corrected chi connectivity index (χ1v) is 8.08. The van der Waals surface area contributed by atoms with Crippen LogP contribution in [-0.2, 0) is 5.75 Å². The van der Waals surface area contributed by atoms with Crippen molar-refractivity contribution in [3.8, 4) is 17.1 Å². The summed E-state index contributed by atoms with van der Waals surface area (Å²) in [6, 6.07) is 14.0. The molecule has 7 nitrogen and oxygen atoms in total. The number of thioether (sulfide) groups is 1. The third-order valence-electron chi connectivity index (χ3n) is 3.34. The second kappa shape index (κ2) is 7.14. The molecule has 0 aliphatic carbocycles. The van der Waals surface area contributed by atoms with Crippen molar-refractivity contribution in [1.82, 2.24) is 15.2 Å². The number of aromatic nitrogens is 3. The third kappa shape index (κ3) is 3.54. The van der Waals surface area contributed by atoms with E-state index in [1.165, 1.54) is 23.9 Å². The summed E-state index contributed by atoms with van der Waals surface area (Å²) in [5, 5.41) is 18.4. The molecule has 3 aromatic rings. The minimum absolute atomic E-state index is 0.0834. The average molecular weight is 342 g/mol. The zero-order valence-corrected chi connectivity index (χ0v) is 13.6. The normalized spacial score (nSPS) is 10.5. The average Bonchev–Trinajstić information content (AvgIpc) is 3.09. The van der Waals surface area contributed by atoms with Crippen LogP contribution in [0.3, 0.4) is 0 Å². The first-order chi connectivity index (χ1) is 11.7. The minimum atomic E-state index is -0.411. The lowest BCUT2D eigenvalue weighted by Crippen LogP contribution is -1.89. The predicted molar refractivity (Wildman–Crippen MR) is 91.0 cm³/mol. The molecule has 2 aromatic carbocycles. The van der Waals surface area contributed by atoms with Gasteiger partial charge < -0.3 is 4.74 Å². The molecule has 0 atom stereocenters. The summed E-state index contributed by atoms with van der Waals surface area (Å²) < 4.78 is 5.32. The number of benzene rings is 2. The fourth-order valence-corrected chi connectivity index (χ4v) is 2.89. The molecule has 122 valence electrons. The van der Waals surface area contributed by atoms with Crippen molar-refractivity contribution < 1.29 is 9.66 Å². The summed E-state index contributed by atoms with van der Waals surface area (Å²) in [7, 11) is 1.61. The van der Waals surface area contributed by atoms with Crippen LogP contribution in [0.15, 0.2) is 53.7 Å². The standard InChI is InChI=1S/C16H14N4O3S/c1-23-14-5-3-2-4-13(14)15-17-16(19-18-15)24-10-11-6-8-12(9-7-11)20(21)22/h2-9H,10H2,1H3,(H,17,18,19). The molecule has 0 fully saturated rings. The molecule has 1 N–H and O–H groups in total. The van der Waals surface area contributed by atoms with Gasteiger partial charge in [-0.1, -0.05) is 36.0 Å². The first-order valence-electron chi connectivity index (χ1n) is 7.09. The Morgan fingerprint density at radius 3 is 2.67 bits per heavy atom. The summed E-state index contributed by atoms with van der Waals surface area (Å²) in [5.41, 5.74) is 1.89. The summed E-state index contributed by atoms with van der Waals surface area (Å²) in [4.78, 5) is 14.7. The molecule has 0 bridgehead atoms. The Labute approximate surface area is 142 Å². The lowest BCUT2D eigenvalue weighted by Gasteiger charge is -2.04. The fourth-order valence-electron chi connectivity index (χ4n) is 2.13. The molecule has 24 heavy (non-hydrogen) atoms. The second-order valence-electron chi connectivity index (χ2n) is 4.88. The molecule has 0 spiro atoms. The summed E-state index contributed by atoms with van der Waals surface area (Å²) in [6.45, 7) is 0. The molecule has 0 radical (unpaired) electrons. The monoisotopic (exact) mass is 342 g/mol. The van der Waals surface area contributed by atoms with Crippen LogP contribution in [-0.4, -0.2) is 27.2 Å². The van der Waals surface area contributed by atoms with E-state index < -0.39 is 4.92 Å². The molecule has 0 amide bonds. The number of nitrogens with one attached hydrogen (secondary N) is 1. The number of H-pyrrole nitrogens is 1. The van der Waals surface area contributed by atoms with Gasteiger partial charge in [0.05, 0.1) is 17.6 Å². The fraction of sp³-hybridized carbons (Fsp3) is 0.125. The highest BCUT2D eigenvalue weighted by molar-refractivity contribution is 7.98. The van der Waals surface area contributed by atoms with Crippen LogP contribution in [0.4, 0.5) is 5.69 Å². The van der Waals surface area contributed by atoms with E-state index in [0.717, 1.165) is 16.9 Å². The molecule has 8 heteroatoms. The molecule has 0 saturated carbocycles. The molecule has 0 aliphatic heterocycles. The largest absolute Gasteiger partial charge is 0.496 e. The molecule has 1 aromatic heterocycles. The van der Waals surface area contributed by atoms with E-state index in [0.29, 0.717) is 16.7 Å². The van der Waals surface area contributed by atoms with Crippen molar-refractivity contribution in [2.75, 3.05) is 7.11 Å². The molecular formula is C16H14N4O3S. The van der Waals surface area contributed by atoms with Gasteiger partial charge in [-0.3, -0.25) is 15.2 Å². The maximum absolute atomic E-state index is 10.6. The van der Waals surface area contributed by atoms with Gasteiger partial charge in [0.1, 0.15) is 5.75 Å². The Kier molecular flexibility index (Phi) is 4.76. The predicted octanol–water partition coefficient (Wildman–Crippen LogP) is 3.68. The summed E-state index contributed by atoms with van der Waals surface area (Å²) in [6.07, 6.45) is 0. The van der Waals surface area contributed by atoms with Crippen molar-refractivity contribution in [2.45, 2.75) is 10.9 Å². The van der Waals surface area contributed by atoms with E-state index in [1.807, 2.05) is 24.3 Å². The van der Waals surface area contributed by atoms with Gasteiger partial charge in [-0.25, -0.2) is 4.98 Å². The van der Waals surface area contributed by atoms with Gasteiger partial charge in [0, 0.05) is 17.9 Å². The summed E-state index contributed by atoms with van der Waals surface area (Å²) >= 11 is 1.45. The summed E-state index contributed by atoms with van der Waals surface area (Å²) in [5.74, 6) is 1.99. The number of nitrogens with zero attached hydrogens (tertiary/aromatic N) is 3. The smallest absolute Gasteiger partial charge is 0.269 e. The van der Waals surface area contributed by atoms with Crippen molar-refractivity contribution >= 4 is 17.4 Å². The number of nitro benzene ring substituents is 1. The lowest BCUT2D eigenvalue weighted by atomic mass is 10.2. The number of rotatable bonds is 6. The highest BCUT2D eigenvalue weighted by Crippen LogP contribution is 2.28. The zero-order chi connectivity index (χ0) is 16.9. The lowest BCUT2D eigenvalue weighted by molar-refractivity contribution is -0.384. The van der Waals surface area contributed by atoms with Crippen molar-refractivity contribution in [1.29, 1.82) is 0 Å². The number of aromatic amines is 1. The Morgan fingerprint density at radius 1 is 1.21 bits per heavy atom. The quantitative estimate of drug-likeness (QED) is 0.417. The maximum Gasteiger partial charge on any atom is 0.269 e. The SMILES string of the molecule is COc1ccccc1-c1nc(SCc2ccc([N+](=O)[O-])cc2)n[nH]1. The number of nitro groups is 1. The van der Waals surface area contributed by atoms with Crippen LogP contribution < -0.4 is 4.74 Å². The molecule has 3 rings (SSSR count). The van der Waals surface area contributed by atoms with Crippen molar-refractivity contribution in [2.24, 2.45) is 0 Å². The van der Waals surface area contributed by atoms with Crippen molar-refractivity contribution in [3.63, 3.8) is 0 Å². The minimum Gasteiger partial charge on any atom is -0.496 e. The number of hydrogen-bond donors (Lipinski definition) is 1. The highest BCUT2D eigenvalue weighted by Gasteiger charge is 2.11. The Bertz CT molecular complexity index is 849. The number of ether oxygens (including phenoxy) is 1. The first kappa shape index (κ1) is 16.0. The van der Waals surface area contributed by atoms with Gasteiger partial charge in [0.25, 0.3) is 5.69 Å². The van der Waals surface area contributed by atoms with E-state index in [4.69, 9.17) is 4.74 Å². The molecule has 1 heterocycles. The van der Waals surface area contributed by atoms with E-state index >= 15 is 0 Å². The van der Waals surface area contributed by atoms with Gasteiger partial charge >= 0.3 is 0 Å². The van der Waals surface area contributed by atoms with E-state index in [-0.39, 0.29) is 5.69 Å². The van der Waals surface area contributed by atoms with Gasteiger partial charge in [-0.15, -0.1) is 5.10 Å². The van der Waals surface area contributed by atoms with Crippen molar-refractivity contribution in [3.05, 3.63) is 64.2 Å². The highest BCUT2D eigenvalue weighted by atomic mass is 32.2. The number of non-ortho nitro benzene ring substituents is 1. The third-order valence-corrected chi connectivity index (χ3v) is 4.26. The van der Waals surface area contributed by atoms with Crippen LogP contribution >= 0.6 is 11.8 Å². The van der Waals surface area contributed by atoms with Gasteiger partial charge in [-0.05, 0) is 17.7 Å². The molecule has 0 saturated heterocycles. The maximum atomic E-state index is 10.6. The molecular weight excluding hydrogens is 328 g/mol. The van der Waals surface area contributed by atoms with Gasteiger partial charge in [-0.2, -0.15) is 0 Å². The van der Waals surface area contributed by atoms with Crippen LogP contribution in [0.2, 0.25) is 0 Å². The Balaban J connectivity index is 1.69. The number of methoxy groups -OCH3 is 1. The van der Waals surface area contributed by atoms with Crippen LogP contribution in [0.5, 0.6) is 5.75 Å². The van der Waals surface area contributed by atoms with E-state index in [1.54, 1.807) is 19.2 Å². The van der Waals surface area contributed by atoms with Gasteiger partial charge in [0.15, 0.2) is 5.82 Å². The second-order valence-corrected chi connectivity index (χ2v) is 5.82.